The number of carbonyl (C=O) groups excluding carboxylic acids is 2. The zero-order valence-electron chi connectivity index (χ0n) is 22.3. The van der Waals surface area contributed by atoms with E-state index in [-0.39, 0.29) is 11.8 Å². The number of carbonyl (C=O) groups is 2. The van der Waals surface area contributed by atoms with Gasteiger partial charge in [0, 0.05) is 41.8 Å². The average Bonchev–Trinajstić information content (AvgIpc) is 2.93. The number of rotatable bonds is 6. The highest BCUT2D eigenvalue weighted by atomic mass is 35.5. The number of ether oxygens (including phenoxy) is 2. The second-order valence-electron chi connectivity index (χ2n) is 11.0. The molecule has 9 heteroatoms. The Balaban J connectivity index is 1.13. The third-order valence-corrected chi connectivity index (χ3v) is 7.30. The van der Waals surface area contributed by atoms with E-state index in [0.717, 1.165) is 36.2 Å². The van der Waals surface area contributed by atoms with Crippen LogP contribution >= 0.6 is 11.6 Å². The van der Waals surface area contributed by atoms with E-state index in [1.165, 1.54) is 0 Å². The molecular weight excluding hydrogens is 528 g/mol. The van der Waals surface area contributed by atoms with Crippen molar-refractivity contribution in [3.8, 4) is 11.5 Å². The van der Waals surface area contributed by atoms with Crippen molar-refractivity contribution in [2.24, 2.45) is 5.41 Å². The van der Waals surface area contributed by atoms with Gasteiger partial charge in [0.05, 0.1) is 21.9 Å². The molecule has 2 amide bonds. The summed E-state index contributed by atoms with van der Waals surface area (Å²) in [6.07, 6.45) is 0. The lowest BCUT2D eigenvalue weighted by molar-refractivity contribution is 0.0233. The predicted octanol–water partition coefficient (Wildman–Crippen LogP) is 6.01. The topological polar surface area (TPSA) is 92.8 Å². The van der Waals surface area contributed by atoms with Crippen LogP contribution in [0.25, 0.3) is 10.9 Å². The molecule has 0 bridgehead atoms. The molecule has 1 fully saturated rings. The van der Waals surface area contributed by atoms with Crippen LogP contribution in [0.4, 0.5) is 11.4 Å². The minimum absolute atomic E-state index is 0.314. The Bertz CT molecular complexity index is 1630. The van der Waals surface area contributed by atoms with Gasteiger partial charge >= 0.3 is 0 Å². The highest BCUT2D eigenvalue weighted by molar-refractivity contribution is 6.34. The van der Waals surface area contributed by atoms with Crippen molar-refractivity contribution in [2.75, 3.05) is 36.9 Å². The van der Waals surface area contributed by atoms with E-state index in [4.69, 9.17) is 26.1 Å². The Kier molecular flexibility index (Phi) is 6.82. The summed E-state index contributed by atoms with van der Waals surface area (Å²) < 4.78 is 11.1. The molecule has 2 N–H and O–H groups in total. The van der Waals surface area contributed by atoms with Crippen LogP contribution in [0.3, 0.4) is 0 Å². The fourth-order valence-corrected chi connectivity index (χ4v) is 5.35. The maximum atomic E-state index is 13.1. The van der Waals surface area contributed by atoms with E-state index >= 15 is 0 Å². The number of hydrogen-bond acceptors (Lipinski definition) is 6. The lowest BCUT2D eigenvalue weighted by Gasteiger charge is -2.45. The SMILES string of the molecule is CC1(C)CN(Cc2ccc3cc(C(=O)Nc4cc(NC(=O)c5ccc6c(c5)OCCO6)ccc4Cl)ccc3n2)C1. The van der Waals surface area contributed by atoms with Crippen LogP contribution in [0.5, 0.6) is 11.5 Å². The summed E-state index contributed by atoms with van der Waals surface area (Å²) in [7, 11) is 0. The fourth-order valence-electron chi connectivity index (χ4n) is 5.18. The minimum Gasteiger partial charge on any atom is -0.486 e. The van der Waals surface area contributed by atoms with E-state index < -0.39 is 0 Å². The first-order chi connectivity index (χ1) is 19.2. The normalized spacial score (nSPS) is 15.8. The standard InChI is InChI=1S/C31H29ClN4O4/c1-31(2)17-36(18-31)16-23-6-3-19-13-20(4-9-25(19)33-23)30(38)35-26-15-22(7-8-24(26)32)34-29(37)21-5-10-27-28(14-21)40-12-11-39-27/h3-10,13-15H,11-12,16-18H2,1-2H3,(H,34,37)(H,35,38). The largest absolute Gasteiger partial charge is 0.486 e. The number of aromatic nitrogens is 1. The molecule has 2 aliphatic rings. The van der Waals surface area contributed by atoms with Crippen molar-refractivity contribution < 1.29 is 19.1 Å². The smallest absolute Gasteiger partial charge is 0.255 e. The van der Waals surface area contributed by atoms with E-state index in [1.807, 2.05) is 24.3 Å². The first kappa shape index (κ1) is 26.1. The van der Waals surface area contributed by atoms with Crippen LogP contribution in [0.2, 0.25) is 5.02 Å². The van der Waals surface area contributed by atoms with E-state index in [1.54, 1.807) is 42.5 Å². The predicted molar refractivity (Wildman–Crippen MR) is 156 cm³/mol. The Labute approximate surface area is 237 Å². The Morgan fingerprint density at radius 3 is 2.40 bits per heavy atom. The number of hydrogen-bond donors (Lipinski definition) is 2. The first-order valence-corrected chi connectivity index (χ1v) is 13.5. The number of amides is 2. The number of nitrogens with zero attached hydrogens (tertiary/aromatic N) is 2. The van der Waals surface area contributed by atoms with Crippen LogP contribution in [0.1, 0.15) is 40.3 Å². The molecule has 0 radical (unpaired) electrons. The van der Waals surface area contributed by atoms with Gasteiger partial charge in [-0.15, -0.1) is 0 Å². The van der Waals surface area contributed by atoms with Crippen molar-refractivity contribution in [3.63, 3.8) is 0 Å². The van der Waals surface area contributed by atoms with Crippen LogP contribution in [0, 0.1) is 5.41 Å². The summed E-state index contributed by atoms with van der Waals surface area (Å²) in [5.41, 5.74) is 4.01. The molecule has 0 atom stereocenters. The number of anilines is 2. The van der Waals surface area contributed by atoms with Gasteiger partial charge in [-0.2, -0.15) is 0 Å². The van der Waals surface area contributed by atoms with Crippen molar-refractivity contribution in [2.45, 2.75) is 20.4 Å². The molecule has 1 aromatic heterocycles. The first-order valence-electron chi connectivity index (χ1n) is 13.2. The van der Waals surface area contributed by atoms with Gasteiger partial charge in [-0.25, -0.2) is 0 Å². The van der Waals surface area contributed by atoms with Gasteiger partial charge < -0.3 is 20.1 Å². The number of pyridine rings is 1. The number of nitrogens with one attached hydrogen (secondary N) is 2. The molecule has 1 saturated heterocycles. The number of fused-ring (bicyclic) bond motifs is 2. The second kappa shape index (κ2) is 10.4. The van der Waals surface area contributed by atoms with Gasteiger partial charge in [-0.3, -0.25) is 19.5 Å². The summed E-state index contributed by atoms with van der Waals surface area (Å²) in [5.74, 6) is 0.506. The van der Waals surface area contributed by atoms with Crippen LogP contribution in [-0.2, 0) is 6.54 Å². The molecule has 4 aromatic rings. The molecule has 3 aromatic carbocycles. The molecule has 0 aliphatic carbocycles. The van der Waals surface area contributed by atoms with Gasteiger partial charge in [0.25, 0.3) is 11.8 Å². The van der Waals surface area contributed by atoms with Crippen molar-refractivity contribution in [3.05, 3.63) is 88.6 Å². The van der Waals surface area contributed by atoms with Crippen molar-refractivity contribution in [1.29, 1.82) is 0 Å². The van der Waals surface area contributed by atoms with Gasteiger partial charge in [-0.05, 0) is 66.1 Å². The van der Waals surface area contributed by atoms with Gasteiger partial charge in [0.1, 0.15) is 13.2 Å². The zero-order chi connectivity index (χ0) is 27.9. The van der Waals surface area contributed by atoms with Crippen LogP contribution in [0.15, 0.2) is 66.7 Å². The van der Waals surface area contributed by atoms with Gasteiger partial charge in [0.2, 0.25) is 0 Å². The summed E-state index contributed by atoms with van der Waals surface area (Å²) >= 11 is 6.38. The number of likely N-dealkylation sites (tertiary alicyclic amines) is 1. The molecule has 6 rings (SSSR count). The van der Waals surface area contributed by atoms with Crippen LogP contribution in [-0.4, -0.2) is 48.0 Å². The average molecular weight is 557 g/mol. The summed E-state index contributed by atoms with van der Waals surface area (Å²) in [6.45, 7) is 8.41. The fraction of sp³-hybridized carbons (Fsp3) is 0.258. The molecule has 40 heavy (non-hydrogen) atoms. The molecule has 8 nitrogen and oxygen atoms in total. The Hall–Kier alpha value is -4.14. The molecule has 0 saturated carbocycles. The van der Waals surface area contributed by atoms with Crippen LogP contribution < -0.4 is 20.1 Å². The number of benzene rings is 3. The highest BCUT2D eigenvalue weighted by Crippen LogP contribution is 2.32. The molecule has 2 aliphatic heterocycles. The third-order valence-electron chi connectivity index (χ3n) is 6.97. The van der Waals surface area contributed by atoms with Gasteiger partial charge in [0.15, 0.2) is 11.5 Å². The number of halogens is 1. The monoisotopic (exact) mass is 556 g/mol. The Morgan fingerprint density at radius 2 is 1.60 bits per heavy atom. The molecular formula is C31H29ClN4O4. The maximum Gasteiger partial charge on any atom is 0.255 e. The molecule has 3 heterocycles. The summed E-state index contributed by atoms with van der Waals surface area (Å²) in [4.78, 5) is 33.1. The lowest BCUT2D eigenvalue weighted by atomic mass is 9.84. The second-order valence-corrected chi connectivity index (χ2v) is 11.4. The molecule has 204 valence electrons. The Morgan fingerprint density at radius 1 is 0.875 bits per heavy atom. The van der Waals surface area contributed by atoms with Crippen molar-refractivity contribution >= 4 is 45.7 Å². The molecule has 0 unspecified atom stereocenters. The van der Waals surface area contributed by atoms with E-state index in [0.29, 0.717) is 57.7 Å². The quantitative estimate of drug-likeness (QED) is 0.302. The summed E-state index contributed by atoms with van der Waals surface area (Å²) in [6, 6.07) is 19.4. The third kappa shape index (κ3) is 5.59. The van der Waals surface area contributed by atoms with E-state index in [9.17, 15) is 9.59 Å². The van der Waals surface area contributed by atoms with E-state index in [2.05, 4.69) is 29.4 Å². The maximum absolute atomic E-state index is 13.1. The highest BCUT2D eigenvalue weighted by Gasteiger charge is 2.33. The summed E-state index contributed by atoms with van der Waals surface area (Å²) in [5, 5.41) is 6.94. The lowest BCUT2D eigenvalue weighted by Crippen LogP contribution is -2.52. The van der Waals surface area contributed by atoms with Gasteiger partial charge in [-0.1, -0.05) is 31.5 Å². The zero-order valence-corrected chi connectivity index (χ0v) is 23.0. The minimum atomic E-state index is -0.323. The molecule has 0 spiro atoms. The van der Waals surface area contributed by atoms with Crippen molar-refractivity contribution in [1.82, 2.24) is 9.88 Å².